The zero-order valence-electron chi connectivity index (χ0n) is 27.4. The van der Waals surface area contributed by atoms with E-state index < -0.39 is 17.6 Å². The van der Waals surface area contributed by atoms with Gasteiger partial charge in [0.1, 0.15) is 23.7 Å². The maximum atomic E-state index is 13.8. The topological polar surface area (TPSA) is 91.4 Å². The van der Waals surface area contributed by atoms with Crippen molar-refractivity contribution in [3.05, 3.63) is 147 Å². The first-order chi connectivity index (χ1) is 24.5. The van der Waals surface area contributed by atoms with E-state index in [0.29, 0.717) is 45.6 Å². The first-order valence-electron chi connectivity index (χ1n) is 16.0. The summed E-state index contributed by atoms with van der Waals surface area (Å²) in [6, 6.07) is 20.4. The first kappa shape index (κ1) is 33.2. The van der Waals surface area contributed by atoms with Gasteiger partial charge in [0.25, 0.3) is 11.5 Å². The second-order valence-electron chi connectivity index (χ2n) is 12.3. The Kier molecular flexibility index (Phi) is 8.56. The Hall–Kier alpha value is -6.35. The van der Waals surface area contributed by atoms with E-state index >= 15 is 0 Å². The second-order valence-corrected chi connectivity index (χ2v) is 12.3. The average Bonchev–Trinajstić information content (AvgIpc) is 3.71. The van der Waals surface area contributed by atoms with E-state index in [2.05, 4.69) is 10.9 Å². The highest BCUT2D eigenvalue weighted by atomic mass is 19.4. The van der Waals surface area contributed by atoms with Crippen LogP contribution in [0, 0.1) is 19.3 Å². The Labute approximate surface area is 290 Å². The summed E-state index contributed by atoms with van der Waals surface area (Å²) in [5.41, 5.74) is 3.04. The van der Waals surface area contributed by atoms with Crippen molar-refractivity contribution in [2.24, 2.45) is 0 Å². The van der Waals surface area contributed by atoms with Gasteiger partial charge in [0.15, 0.2) is 5.78 Å². The van der Waals surface area contributed by atoms with E-state index in [4.69, 9.17) is 11.2 Å². The lowest BCUT2D eigenvalue weighted by atomic mass is 10.0. The van der Waals surface area contributed by atoms with Gasteiger partial charge in [-0.2, -0.15) is 13.2 Å². The number of carbonyl (C=O) groups is 2. The lowest BCUT2D eigenvalue weighted by Crippen LogP contribution is -2.44. The standard InChI is InChI=1S/C39H30F3N5O4/c1-3-18-51-31-11-8-28(9-12-31)36(48)27-6-4-26(5-7-27)21-45-23-29(32-19-30(39(40,41)42)10-13-33(32)45)22-44-16-17-47-35(37(44)49)15-14-34(38(47)50)46-20-25(2)43-24-46/h1,4-15,19-20,23-24H,16-18,21-22H2,2H3. The van der Waals surface area contributed by atoms with E-state index in [0.717, 1.165) is 23.4 Å². The largest absolute Gasteiger partial charge is 0.481 e. The molecule has 0 radical (unpaired) electrons. The van der Waals surface area contributed by atoms with Crippen LogP contribution in [0.2, 0.25) is 0 Å². The maximum absolute atomic E-state index is 13.8. The lowest BCUT2D eigenvalue weighted by molar-refractivity contribution is -0.137. The molecule has 3 aromatic carbocycles. The quantitative estimate of drug-likeness (QED) is 0.132. The normalized spacial score (nSPS) is 12.9. The number of aromatic nitrogens is 4. The van der Waals surface area contributed by atoms with Crippen LogP contribution in [0.4, 0.5) is 13.2 Å². The molecule has 1 amide bonds. The van der Waals surface area contributed by atoms with Crippen LogP contribution in [0.5, 0.6) is 5.75 Å². The van der Waals surface area contributed by atoms with Gasteiger partial charge in [-0.15, -0.1) is 6.42 Å². The van der Waals surface area contributed by atoms with Gasteiger partial charge in [0, 0.05) is 60.6 Å². The van der Waals surface area contributed by atoms with Gasteiger partial charge in [-0.1, -0.05) is 30.2 Å². The maximum Gasteiger partial charge on any atom is 0.416 e. The minimum Gasteiger partial charge on any atom is -0.481 e. The summed E-state index contributed by atoms with van der Waals surface area (Å²) in [5.74, 6) is 2.37. The number of imidazole rings is 1. The zero-order chi connectivity index (χ0) is 35.9. The van der Waals surface area contributed by atoms with E-state index in [1.165, 1.54) is 17.0 Å². The predicted octanol–water partition coefficient (Wildman–Crippen LogP) is 6.26. The molecule has 6 aromatic rings. The van der Waals surface area contributed by atoms with Crippen molar-refractivity contribution in [2.75, 3.05) is 13.2 Å². The number of hydrogen-bond acceptors (Lipinski definition) is 5. The van der Waals surface area contributed by atoms with Crippen molar-refractivity contribution >= 4 is 22.6 Å². The Morgan fingerprint density at radius 3 is 2.31 bits per heavy atom. The van der Waals surface area contributed by atoms with Gasteiger partial charge in [-0.3, -0.25) is 14.4 Å². The third kappa shape index (κ3) is 6.53. The van der Waals surface area contributed by atoms with Crippen LogP contribution >= 0.6 is 0 Å². The molecule has 0 N–H and O–H groups in total. The minimum atomic E-state index is -4.56. The number of amides is 1. The molecule has 12 heteroatoms. The Morgan fingerprint density at radius 1 is 0.922 bits per heavy atom. The summed E-state index contributed by atoms with van der Waals surface area (Å²) >= 11 is 0. The summed E-state index contributed by atoms with van der Waals surface area (Å²) in [6.07, 6.45) is 5.68. The van der Waals surface area contributed by atoms with Crippen LogP contribution in [0.25, 0.3) is 16.6 Å². The molecular formula is C39H30F3N5O4. The van der Waals surface area contributed by atoms with Gasteiger partial charge >= 0.3 is 6.18 Å². The number of fused-ring (bicyclic) bond motifs is 2. The molecule has 51 heavy (non-hydrogen) atoms. The van der Waals surface area contributed by atoms with Gasteiger partial charge in [0.05, 0.1) is 17.6 Å². The molecule has 0 fully saturated rings. The van der Waals surface area contributed by atoms with Crippen molar-refractivity contribution < 1.29 is 27.5 Å². The number of rotatable bonds is 9. The Bertz CT molecular complexity index is 2400. The van der Waals surface area contributed by atoms with Crippen LogP contribution in [-0.2, 0) is 25.8 Å². The minimum absolute atomic E-state index is 0.0420. The molecule has 0 unspecified atom stereocenters. The zero-order valence-corrected chi connectivity index (χ0v) is 27.4. The van der Waals surface area contributed by atoms with Crippen molar-refractivity contribution in [1.29, 1.82) is 0 Å². The van der Waals surface area contributed by atoms with E-state index in [9.17, 15) is 27.6 Å². The first-order valence-corrected chi connectivity index (χ1v) is 16.0. The fourth-order valence-electron chi connectivity index (χ4n) is 6.32. The molecule has 4 heterocycles. The van der Waals surface area contributed by atoms with Gasteiger partial charge in [0.2, 0.25) is 0 Å². The summed E-state index contributed by atoms with van der Waals surface area (Å²) in [4.78, 5) is 45.8. The Morgan fingerprint density at radius 2 is 1.65 bits per heavy atom. The molecule has 256 valence electrons. The number of hydrogen-bond donors (Lipinski definition) is 0. The number of ether oxygens (including phenoxy) is 1. The van der Waals surface area contributed by atoms with Gasteiger partial charge < -0.3 is 23.3 Å². The number of carbonyl (C=O) groups excluding carboxylic acids is 2. The van der Waals surface area contributed by atoms with Crippen molar-refractivity contribution in [3.8, 4) is 23.8 Å². The number of halogens is 3. The summed E-state index contributed by atoms with van der Waals surface area (Å²) < 4.78 is 51.7. The molecule has 9 nitrogen and oxygen atoms in total. The van der Waals surface area contributed by atoms with Crippen LogP contribution in [0.15, 0.2) is 102 Å². The number of aryl methyl sites for hydroxylation is 1. The van der Waals surface area contributed by atoms with Crippen LogP contribution < -0.4 is 10.3 Å². The summed E-state index contributed by atoms with van der Waals surface area (Å²) in [6.45, 7) is 2.70. The smallest absolute Gasteiger partial charge is 0.416 e. The highest BCUT2D eigenvalue weighted by Crippen LogP contribution is 2.34. The van der Waals surface area contributed by atoms with Gasteiger partial charge in [-0.05, 0) is 72.6 Å². The van der Waals surface area contributed by atoms with Crippen LogP contribution in [0.3, 0.4) is 0 Å². The van der Waals surface area contributed by atoms with E-state index in [1.807, 2.05) is 11.5 Å². The molecule has 0 spiro atoms. The molecule has 0 aliphatic carbocycles. The van der Waals surface area contributed by atoms with Crippen molar-refractivity contribution in [1.82, 2.24) is 23.6 Å². The number of nitrogens with zero attached hydrogens (tertiary/aromatic N) is 5. The molecule has 3 aromatic heterocycles. The third-order valence-corrected chi connectivity index (χ3v) is 8.90. The molecule has 0 bridgehead atoms. The fourth-order valence-corrected chi connectivity index (χ4v) is 6.32. The van der Waals surface area contributed by atoms with Crippen molar-refractivity contribution in [2.45, 2.75) is 32.7 Å². The van der Waals surface area contributed by atoms with Crippen LogP contribution in [0.1, 0.15) is 48.8 Å². The molecule has 0 saturated carbocycles. The number of benzene rings is 3. The highest BCUT2D eigenvalue weighted by molar-refractivity contribution is 6.09. The molecule has 0 atom stereocenters. The lowest BCUT2D eigenvalue weighted by Gasteiger charge is -2.29. The number of terminal acetylenes is 1. The third-order valence-electron chi connectivity index (χ3n) is 8.90. The van der Waals surface area contributed by atoms with Crippen molar-refractivity contribution in [3.63, 3.8) is 0 Å². The Balaban J connectivity index is 1.14. The molecule has 0 saturated heterocycles. The number of ketones is 1. The molecule has 7 rings (SSSR count). The SMILES string of the molecule is C#CCOc1ccc(C(=O)c2ccc(Cn3cc(CN4CCn5c(ccc(-n6cnc(C)c6)c5=O)C4=O)c4cc(C(F)(F)F)ccc43)cc2)cc1. The summed E-state index contributed by atoms with van der Waals surface area (Å²) in [5, 5.41) is 0.368. The summed E-state index contributed by atoms with van der Waals surface area (Å²) in [7, 11) is 0. The highest BCUT2D eigenvalue weighted by Gasteiger charge is 2.32. The monoisotopic (exact) mass is 689 g/mol. The second kappa shape index (κ2) is 13.2. The molecule has 1 aliphatic heterocycles. The average molecular weight is 690 g/mol. The molecular weight excluding hydrogens is 659 g/mol. The number of alkyl halides is 3. The number of pyridine rings is 1. The predicted molar refractivity (Wildman–Crippen MR) is 184 cm³/mol. The van der Waals surface area contributed by atoms with Gasteiger partial charge in [-0.25, -0.2) is 4.98 Å². The van der Waals surface area contributed by atoms with E-state index in [-0.39, 0.29) is 43.3 Å². The van der Waals surface area contributed by atoms with E-state index in [1.54, 1.807) is 82.5 Å². The fraction of sp³-hybridized carbons (Fsp3) is 0.179. The van der Waals surface area contributed by atoms with Crippen LogP contribution in [-0.4, -0.2) is 48.4 Å². The molecule has 1 aliphatic rings.